The van der Waals surface area contributed by atoms with Crippen LogP contribution in [0, 0.1) is 6.92 Å². The molecular weight excluding hydrogens is 372 g/mol. The van der Waals surface area contributed by atoms with Gasteiger partial charge in [-0.05, 0) is 37.3 Å². The number of aromatic nitrogens is 3. The third-order valence-electron chi connectivity index (χ3n) is 3.60. The monoisotopic (exact) mass is 388 g/mol. The minimum atomic E-state index is -0.158. The number of aryl methyl sites for hydroxylation is 1. The van der Waals surface area contributed by atoms with Crippen LogP contribution < -0.4 is 10.1 Å². The Morgan fingerprint density at radius 3 is 2.73 bits per heavy atom. The molecule has 1 amide bonds. The Labute approximate surface area is 160 Å². The Balaban J connectivity index is 1.63. The van der Waals surface area contributed by atoms with E-state index in [9.17, 15) is 4.79 Å². The van der Waals surface area contributed by atoms with Crippen molar-refractivity contribution in [1.29, 1.82) is 0 Å². The maximum atomic E-state index is 12.2. The number of methoxy groups -OCH3 is 1. The number of rotatable bonds is 6. The molecule has 0 fully saturated rings. The van der Waals surface area contributed by atoms with E-state index in [1.54, 1.807) is 31.6 Å². The predicted octanol–water partition coefficient (Wildman–Crippen LogP) is 3.97. The first kappa shape index (κ1) is 18.3. The summed E-state index contributed by atoms with van der Waals surface area (Å²) in [5, 5.41) is 11.9. The second-order valence-electron chi connectivity index (χ2n) is 5.51. The topological polar surface area (TPSA) is 69.0 Å². The highest BCUT2D eigenvalue weighted by Gasteiger charge is 2.11. The van der Waals surface area contributed by atoms with Crippen molar-refractivity contribution in [3.8, 4) is 11.4 Å². The zero-order valence-electron chi connectivity index (χ0n) is 14.3. The van der Waals surface area contributed by atoms with Crippen molar-refractivity contribution < 1.29 is 9.53 Å². The molecule has 0 spiro atoms. The van der Waals surface area contributed by atoms with E-state index >= 15 is 0 Å². The average molecular weight is 389 g/mol. The van der Waals surface area contributed by atoms with Gasteiger partial charge in [-0.1, -0.05) is 41.1 Å². The van der Waals surface area contributed by atoms with Gasteiger partial charge in [-0.15, -0.1) is 10.2 Å². The fourth-order valence-electron chi connectivity index (χ4n) is 2.28. The molecule has 134 valence electrons. The maximum Gasteiger partial charge on any atom is 0.234 e. The smallest absolute Gasteiger partial charge is 0.234 e. The SMILES string of the molecule is COc1ccc(NC(=O)CSc2nncn2-c2ccc(C)cc2)cc1Cl. The third kappa shape index (κ3) is 4.36. The fourth-order valence-corrected chi connectivity index (χ4v) is 3.26. The summed E-state index contributed by atoms with van der Waals surface area (Å²) in [6.07, 6.45) is 1.63. The zero-order valence-corrected chi connectivity index (χ0v) is 15.8. The minimum absolute atomic E-state index is 0.158. The van der Waals surface area contributed by atoms with Gasteiger partial charge in [0.25, 0.3) is 0 Å². The lowest BCUT2D eigenvalue weighted by Crippen LogP contribution is -2.14. The maximum absolute atomic E-state index is 12.2. The Kier molecular flexibility index (Phi) is 5.80. The summed E-state index contributed by atoms with van der Waals surface area (Å²) in [5.41, 5.74) is 2.74. The highest BCUT2D eigenvalue weighted by molar-refractivity contribution is 7.99. The summed E-state index contributed by atoms with van der Waals surface area (Å²) in [7, 11) is 1.54. The number of amides is 1. The standard InChI is InChI=1S/C18H17ClN4O2S/c1-12-3-6-14(7-4-12)23-11-20-22-18(23)26-10-17(24)21-13-5-8-16(25-2)15(19)9-13/h3-9,11H,10H2,1-2H3,(H,21,24). The van der Waals surface area contributed by atoms with E-state index < -0.39 is 0 Å². The molecule has 0 aliphatic rings. The summed E-state index contributed by atoms with van der Waals surface area (Å²) in [6.45, 7) is 2.03. The molecule has 2 aromatic carbocycles. The Morgan fingerprint density at radius 1 is 1.27 bits per heavy atom. The summed E-state index contributed by atoms with van der Waals surface area (Å²) >= 11 is 7.38. The molecular formula is C18H17ClN4O2S. The second-order valence-corrected chi connectivity index (χ2v) is 6.85. The normalized spacial score (nSPS) is 10.6. The quantitative estimate of drug-likeness (QED) is 0.647. The Bertz CT molecular complexity index is 912. The van der Waals surface area contributed by atoms with Gasteiger partial charge in [-0.25, -0.2) is 0 Å². The van der Waals surface area contributed by atoms with Gasteiger partial charge in [0, 0.05) is 11.4 Å². The number of ether oxygens (including phenoxy) is 1. The lowest BCUT2D eigenvalue weighted by molar-refractivity contribution is -0.113. The molecule has 1 heterocycles. The third-order valence-corrected chi connectivity index (χ3v) is 4.83. The van der Waals surface area contributed by atoms with E-state index in [0.29, 0.717) is 21.6 Å². The summed E-state index contributed by atoms with van der Waals surface area (Å²) < 4.78 is 6.95. The van der Waals surface area contributed by atoms with Crippen LogP contribution in [0.2, 0.25) is 5.02 Å². The van der Waals surface area contributed by atoms with Gasteiger partial charge in [0.05, 0.1) is 17.9 Å². The van der Waals surface area contributed by atoms with Crippen LogP contribution in [-0.4, -0.2) is 33.5 Å². The molecule has 0 atom stereocenters. The fraction of sp³-hybridized carbons (Fsp3) is 0.167. The van der Waals surface area contributed by atoms with E-state index in [-0.39, 0.29) is 11.7 Å². The Hall–Kier alpha value is -2.51. The lowest BCUT2D eigenvalue weighted by atomic mass is 10.2. The van der Waals surface area contributed by atoms with Crippen LogP contribution >= 0.6 is 23.4 Å². The molecule has 8 heteroatoms. The van der Waals surface area contributed by atoms with E-state index in [0.717, 1.165) is 5.69 Å². The van der Waals surface area contributed by atoms with Gasteiger partial charge in [0.1, 0.15) is 12.1 Å². The highest BCUT2D eigenvalue weighted by atomic mass is 35.5. The molecule has 0 aliphatic carbocycles. The number of carbonyl (C=O) groups is 1. The number of anilines is 1. The van der Waals surface area contributed by atoms with Gasteiger partial charge in [0.15, 0.2) is 5.16 Å². The molecule has 0 saturated heterocycles. The van der Waals surface area contributed by atoms with Gasteiger partial charge in [-0.2, -0.15) is 0 Å². The first-order chi connectivity index (χ1) is 12.6. The van der Waals surface area contributed by atoms with Crippen molar-refractivity contribution in [2.75, 3.05) is 18.2 Å². The number of carbonyl (C=O) groups excluding carboxylic acids is 1. The number of hydrogen-bond donors (Lipinski definition) is 1. The predicted molar refractivity (Wildman–Crippen MR) is 103 cm³/mol. The molecule has 0 bridgehead atoms. The van der Waals surface area contributed by atoms with Gasteiger partial charge in [-0.3, -0.25) is 9.36 Å². The zero-order chi connectivity index (χ0) is 18.5. The second kappa shape index (κ2) is 8.25. The highest BCUT2D eigenvalue weighted by Crippen LogP contribution is 2.27. The van der Waals surface area contributed by atoms with Crippen molar-refractivity contribution in [1.82, 2.24) is 14.8 Å². The Morgan fingerprint density at radius 2 is 2.04 bits per heavy atom. The van der Waals surface area contributed by atoms with Crippen LogP contribution in [0.5, 0.6) is 5.75 Å². The molecule has 3 rings (SSSR count). The van der Waals surface area contributed by atoms with Crippen molar-refractivity contribution in [3.05, 3.63) is 59.4 Å². The molecule has 0 radical (unpaired) electrons. The first-order valence-electron chi connectivity index (χ1n) is 7.80. The molecule has 26 heavy (non-hydrogen) atoms. The van der Waals surface area contributed by atoms with E-state index in [4.69, 9.17) is 16.3 Å². The summed E-state index contributed by atoms with van der Waals surface area (Å²) in [4.78, 5) is 12.2. The van der Waals surface area contributed by atoms with Crippen molar-refractivity contribution in [2.24, 2.45) is 0 Å². The molecule has 1 N–H and O–H groups in total. The number of halogens is 1. The van der Waals surface area contributed by atoms with Crippen molar-refractivity contribution in [3.63, 3.8) is 0 Å². The number of benzene rings is 2. The lowest BCUT2D eigenvalue weighted by Gasteiger charge is -2.09. The van der Waals surface area contributed by atoms with E-state index in [1.807, 2.05) is 35.8 Å². The first-order valence-corrected chi connectivity index (χ1v) is 9.16. The minimum Gasteiger partial charge on any atom is -0.495 e. The average Bonchev–Trinajstić information content (AvgIpc) is 3.09. The van der Waals surface area contributed by atoms with E-state index in [1.165, 1.54) is 17.3 Å². The molecule has 1 aromatic heterocycles. The molecule has 3 aromatic rings. The van der Waals surface area contributed by atoms with Crippen LogP contribution in [0.4, 0.5) is 5.69 Å². The van der Waals surface area contributed by atoms with Crippen LogP contribution in [0.3, 0.4) is 0 Å². The van der Waals surface area contributed by atoms with Crippen molar-refractivity contribution >= 4 is 35.0 Å². The van der Waals surface area contributed by atoms with Gasteiger partial charge in [0.2, 0.25) is 5.91 Å². The number of nitrogens with zero attached hydrogens (tertiary/aromatic N) is 3. The molecule has 6 nitrogen and oxygen atoms in total. The number of thioether (sulfide) groups is 1. The van der Waals surface area contributed by atoms with Gasteiger partial charge >= 0.3 is 0 Å². The molecule has 0 saturated carbocycles. The summed E-state index contributed by atoms with van der Waals surface area (Å²) in [5.74, 6) is 0.605. The van der Waals surface area contributed by atoms with Crippen LogP contribution in [-0.2, 0) is 4.79 Å². The van der Waals surface area contributed by atoms with Crippen LogP contribution in [0.15, 0.2) is 53.9 Å². The molecule has 0 unspecified atom stereocenters. The molecule has 0 aliphatic heterocycles. The summed E-state index contributed by atoms with van der Waals surface area (Å²) in [6, 6.07) is 13.1. The van der Waals surface area contributed by atoms with Crippen molar-refractivity contribution in [2.45, 2.75) is 12.1 Å². The number of nitrogens with one attached hydrogen (secondary N) is 1. The largest absolute Gasteiger partial charge is 0.495 e. The van der Waals surface area contributed by atoms with Gasteiger partial charge < -0.3 is 10.1 Å². The number of hydrogen-bond acceptors (Lipinski definition) is 5. The van der Waals surface area contributed by atoms with Crippen LogP contribution in [0.1, 0.15) is 5.56 Å². The van der Waals surface area contributed by atoms with Crippen LogP contribution in [0.25, 0.3) is 5.69 Å². The van der Waals surface area contributed by atoms with E-state index in [2.05, 4.69) is 15.5 Å².